The lowest BCUT2D eigenvalue weighted by atomic mass is 10.0. The third-order valence-electron chi connectivity index (χ3n) is 2.57. The Hall–Kier alpha value is -1.06. The molecule has 0 aliphatic carbocycles. The molecule has 84 valence electrons. The van der Waals surface area contributed by atoms with Crippen LogP contribution in [-0.2, 0) is 0 Å². The monoisotopic (exact) mass is 208 g/mol. The molecule has 0 bridgehead atoms. The van der Waals surface area contributed by atoms with Crippen molar-refractivity contribution in [2.75, 3.05) is 13.7 Å². The van der Waals surface area contributed by atoms with E-state index < -0.39 is 0 Å². The summed E-state index contributed by atoms with van der Waals surface area (Å²) in [6.07, 6.45) is 1.90. The van der Waals surface area contributed by atoms with E-state index in [1.54, 1.807) is 7.11 Å². The fraction of sp³-hybridized carbons (Fsp3) is 0.500. The maximum absolute atomic E-state index is 6.05. The molecule has 3 nitrogen and oxygen atoms in total. The van der Waals surface area contributed by atoms with Crippen LogP contribution in [0.4, 0.5) is 0 Å². The summed E-state index contributed by atoms with van der Waals surface area (Å²) < 4.78 is 5.20. The Morgan fingerprint density at radius 1 is 1.40 bits per heavy atom. The molecule has 0 saturated heterocycles. The molecule has 4 N–H and O–H groups in total. The largest absolute Gasteiger partial charge is 0.496 e. The smallest absolute Gasteiger partial charge is 0.121 e. The van der Waals surface area contributed by atoms with E-state index in [0.29, 0.717) is 6.54 Å². The minimum absolute atomic E-state index is 0.0816. The molecule has 1 atom stereocenters. The van der Waals surface area contributed by atoms with Crippen molar-refractivity contribution >= 4 is 0 Å². The maximum atomic E-state index is 6.05. The molecule has 0 saturated carbocycles. The predicted octanol–water partition coefficient (Wildman–Crippen LogP) is 1.74. The van der Waals surface area contributed by atoms with Gasteiger partial charge in [-0.15, -0.1) is 0 Å². The van der Waals surface area contributed by atoms with Gasteiger partial charge in [0.05, 0.1) is 7.11 Å². The lowest BCUT2D eigenvalue weighted by molar-refractivity contribution is 0.411. The van der Waals surface area contributed by atoms with E-state index in [4.69, 9.17) is 16.2 Å². The zero-order valence-electron chi connectivity index (χ0n) is 9.49. The normalized spacial score (nSPS) is 12.5. The molecule has 1 aromatic rings. The Labute approximate surface area is 91.4 Å². The summed E-state index contributed by atoms with van der Waals surface area (Å²) in [6.45, 7) is 2.72. The highest BCUT2D eigenvalue weighted by atomic mass is 16.5. The second-order valence-electron chi connectivity index (χ2n) is 3.77. The van der Waals surface area contributed by atoms with Gasteiger partial charge >= 0.3 is 0 Å². The highest BCUT2D eigenvalue weighted by Crippen LogP contribution is 2.23. The van der Waals surface area contributed by atoms with Gasteiger partial charge < -0.3 is 16.2 Å². The van der Waals surface area contributed by atoms with Crippen LogP contribution in [0.15, 0.2) is 18.2 Å². The van der Waals surface area contributed by atoms with Crippen LogP contribution >= 0.6 is 0 Å². The molecule has 15 heavy (non-hydrogen) atoms. The van der Waals surface area contributed by atoms with E-state index in [2.05, 4.69) is 6.07 Å². The SMILES string of the molecule is COc1ccc([C@H](N)CCCN)cc1C. The number of benzene rings is 1. The van der Waals surface area contributed by atoms with Gasteiger partial charge in [0.25, 0.3) is 0 Å². The molecule has 0 aliphatic rings. The molecule has 0 unspecified atom stereocenters. The summed E-state index contributed by atoms with van der Waals surface area (Å²) in [4.78, 5) is 0. The topological polar surface area (TPSA) is 61.3 Å². The van der Waals surface area contributed by atoms with Crippen molar-refractivity contribution in [3.8, 4) is 5.75 Å². The standard InChI is InChI=1S/C12H20N2O/c1-9-8-10(5-6-12(9)15-2)11(14)4-3-7-13/h5-6,8,11H,3-4,7,13-14H2,1-2H3/t11-/m1/s1. The molecular weight excluding hydrogens is 188 g/mol. The van der Waals surface area contributed by atoms with E-state index in [0.717, 1.165) is 29.7 Å². The van der Waals surface area contributed by atoms with Crippen molar-refractivity contribution in [3.05, 3.63) is 29.3 Å². The van der Waals surface area contributed by atoms with Crippen molar-refractivity contribution in [1.29, 1.82) is 0 Å². The van der Waals surface area contributed by atoms with Crippen LogP contribution in [0.5, 0.6) is 5.75 Å². The summed E-state index contributed by atoms with van der Waals surface area (Å²) >= 11 is 0. The number of nitrogens with two attached hydrogens (primary N) is 2. The van der Waals surface area contributed by atoms with Gasteiger partial charge in [0.1, 0.15) is 5.75 Å². The van der Waals surface area contributed by atoms with Gasteiger partial charge in [-0.2, -0.15) is 0 Å². The lowest BCUT2D eigenvalue weighted by Gasteiger charge is -2.13. The highest BCUT2D eigenvalue weighted by Gasteiger charge is 2.07. The first-order valence-corrected chi connectivity index (χ1v) is 5.29. The van der Waals surface area contributed by atoms with E-state index >= 15 is 0 Å². The van der Waals surface area contributed by atoms with E-state index in [1.165, 1.54) is 0 Å². The number of aryl methyl sites for hydroxylation is 1. The average Bonchev–Trinajstić information content (AvgIpc) is 2.25. The third kappa shape index (κ3) is 3.22. The van der Waals surface area contributed by atoms with Crippen LogP contribution in [0.3, 0.4) is 0 Å². The molecule has 0 spiro atoms. The van der Waals surface area contributed by atoms with Crippen LogP contribution in [0, 0.1) is 6.92 Å². The molecule has 0 heterocycles. The van der Waals surface area contributed by atoms with Gasteiger partial charge in [-0.3, -0.25) is 0 Å². The highest BCUT2D eigenvalue weighted by molar-refractivity contribution is 5.37. The predicted molar refractivity (Wildman–Crippen MR) is 62.9 cm³/mol. The molecule has 1 aromatic carbocycles. The van der Waals surface area contributed by atoms with Crippen LogP contribution in [0.1, 0.15) is 30.0 Å². The first-order valence-electron chi connectivity index (χ1n) is 5.29. The summed E-state index contributed by atoms with van der Waals surface area (Å²) in [5.41, 5.74) is 13.8. The Morgan fingerprint density at radius 3 is 2.67 bits per heavy atom. The summed E-state index contributed by atoms with van der Waals surface area (Å²) in [5.74, 6) is 0.907. The Kier molecular flexibility index (Phi) is 4.59. The van der Waals surface area contributed by atoms with Crippen molar-refractivity contribution in [2.45, 2.75) is 25.8 Å². The maximum Gasteiger partial charge on any atom is 0.121 e. The third-order valence-corrected chi connectivity index (χ3v) is 2.57. The fourth-order valence-electron chi connectivity index (χ4n) is 1.64. The van der Waals surface area contributed by atoms with Gasteiger partial charge in [0, 0.05) is 6.04 Å². The molecule has 0 radical (unpaired) electrons. The second kappa shape index (κ2) is 5.73. The average molecular weight is 208 g/mol. The van der Waals surface area contributed by atoms with E-state index in [1.807, 2.05) is 19.1 Å². The van der Waals surface area contributed by atoms with Crippen LogP contribution in [0.25, 0.3) is 0 Å². The molecule has 0 aliphatic heterocycles. The minimum atomic E-state index is 0.0816. The molecular formula is C12H20N2O. The molecule has 0 fully saturated rings. The Balaban J connectivity index is 2.73. The van der Waals surface area contributed by atoms with E-state index in [-0.39, 0.29) is 6.04 Å². The van der Waals surface area contributed by atoms with Crippen molar-refractivity contribution in [2.24, 2.45) is 11.5 Å². The zero-order chi connectivity index (χ0) is 11.3. The van der Waals surface area contributed by atoms with Gasteiger partial charge in [0.15, 0.2) is 0 Å². The van der Waals surface area contributed by atoms with Crippen LogP contribution in [0.2, 0.25) is 0 Å². The Morgan fingerprint density at radius 2 is 2.13 bits per heavy atom. The van der Waals surface area contributed by atoms with Crippen LogP contribution in [-0.4, -0.2) is 13.7 Å². The summed E-state index contributed by atoms with van der Waals surface area (Å²) in [7, 11) is 1.68. The molecule has 3 heteroatoms. The quantitative estimate of drug-likeness (QED) is 0.774. The molecule has 0 aromatic heterocycles. The number of ether oxygens (including phenoxy) is 1. The first kappa shape index (κ1) is 12.0. The number of rotatable bonds is 5. The number of hydrogen-bond acceptors (Lipinski definition) is 3. The number of methoxy groups -OCH3 is 1. The first-order chi connectivity index (χ1) is 7.19. The van der Waals surface area contributed by atoms with Gasteiger partial charge in [0.2, 0.25) is 0 Å². The van der Waals surface area contributed by atoms with Crippen LogP contribution < -0.4 is 16.2 Å². The zero-order valence-corrected chi connectivity index (χ0v) is 9.49. The van der Waals surface area contributed by atoms with Gasteiger partial charge in [-0.05, 0) is 43.5 Å². The lowest BCUT2D eigenvalue weighted by Crippen LogP contribution is -2.12. The van der Waals surface area contributed by atoms with Crippen molar-refractivity contribution in [3.63, 3.8) is 0 Å². The van der Waals surface area contributed by atoms with Crippen molar-refractivity contribution in [1.82, 2.24) is 0 Å². The van der Waals surface area contributed by atoms with E-state index in [9.17, 15) is 0 Å². The second-order valence-corrected chi connectivity index (χ2v) is 3.77. The fourth-order valence-corrected chi connectivity index (χ4v) is 1.64. The number of hydrogen-bond donors (Lipinski definition) is 2. The Bertz CT molecular complexity index is 312. The van der Waals surface area contributed by atoms with Crippen molar-refractivity contribution < 1.29 is 4.74 Å². The summed E-state index contributed by atoms with van der Waals surface area (Å²) in [6, 6.07) is 6.15. The summed E-state index contributed by atoms with van der Waals surface area (Å²) in [5, 5.41) is 0. The molecule has 1 rings (SSSR count). The molecule has 0 amide bonds. The van der Waals surface area contributed by atoms with Gasteiger partial charge in [-0.25, -0.2) is 0 Å². The van der Waals surface area contributed by atoms with Gasteiger partial charge in [-0.1, -0.05) is 12.1 Å². The minimum Gasteiger partial charge on any atom is -0.496 e.